The lowest BCUT2D eigenvalue weighted by Gasteiger charge is -2.11. The zero-order valence-corrected chi connectivity index (χ0v) is 19.1. The quantitative estimate of drug-likeness (QED) is 0.256. The summed E-state index contributed by atoms with van der Waals surface area (Å²) >= 11 is 0. The summed E-state index contributed by atoms with van der Waals surface area (Å²) in [7, 11) is 1.70. The number of hydrogen-bond acceptors (Lipinski definition) is 6. The lowest BCUT2D eigenvalue weighted by atomic mass is 10.2. The first-order valence-electron chi connectivity index (χ1n) is 11.0. The van der Waals surface area contributed by atoms with E-state index in [4.69, 9.17) is 9.47 Å². The van der Waals surface area contributed by atoms with Crippen molar-refractivity contribution in [2.24, 2.45) is 0 Å². The van der Waals surface area contributed by atoms with E-state index in [0.29, 0.717) is 35.5 Å². The molecule has 9 nitrogen and oxygen atoms in total. The number of carbonyl (C=O) groups is 1. The molecule has 0 saturated heterocycles. The molecule has 0 radical (unpaired) electrons. The minimum Gasteiger partial charge on any atom is -0.438 e. The number of hydrogen-bond donors (Lipinski definition) is 3. The van der Waals surface area contributed by atoms with Gasteiger partial charge in [0.25, 0.3) is 0 Å². The van der Waals surface area contributed by atoms with E-state index in [9.17, 15) is 4.79 Å². The number of ether oxygens (including phenoxy) is 2. The Morgan fingerprint density at radius 1 is 1.14 bits per heavy atom. The van der Waals surface area contributed by atoms with Crippen molar-refractivity contribution in [2.45, 2.75) is 6.54 Å². The minimum atomic E-state index is -0.297. The Bertz CT molecular complexity index is 1520. The monoisotopic (exact) mass is 468 g/mol. The third-order valence-corrected chi connectivity index (χ3v) is 5.45. The van der Waals surface area contributed by atoms with Crippen LogP contribution in [0.5, 0.6) is 11.6 Å². The highest BCUT2D eigenvalue weighted by Gasteiger charge is 2.12. The maximum atomic E-state index is 11.6. The lowest BCUT2D eigenvalue weighted by Crippen LogP contribution is -2.07. The van der Waals surface area contributed by atoms with Gasteiger partial charge in [-0.2, -0.15) is 9.97 Å². The van der Waals surface area contributed by atoms with Gasteiger partial charge in [-0.15, -0.1) is 0 Å². The second-order valence-electron chi connectivity index (χ2n) is 7.82. The topological polar surface area (TPSA) is 106 Å². The molecule has 35 heavy (non-hydrogen) atoms. The highest BCUT2D eigenvalue weighted by atomic mass is 16.5. The van der Waals surface area contributed by atoms with Crippen LogP contribution >= 0.6 is 0 Å². The number of amides is 1. The molecule has 0 aliphatic carbocycles. The number of anilines is 3. The molecule has 3 aromatic heterocycles. The van der Waals surface area contributed by atoms with E-state index >= 15 is 0 Å². The van der Waals surface area contributed by atoms with Crippen LogP contribution in [0, 0.1) is 0 Å². The van der Waals surface area contributed by atoms with E-state index in [1.54, 1.807) is 37.6 Å². The summed E-state index contributed by atoms with van der Waals surface area (Å²) in [6, 6.07) is 17.1. The second kappa shape index (κ2) is 9.70. The number of nitrogens with one attached hydrogen (secondary N) is 3. The van der Waals surface area contributed by atoms with Crippen molar-refractivity contribution in [1.29, 1.82) is 0 Å². The first-order chi connectivity index (χ1) is 17.1. The van der Waals surface area contributed by atoms with Crippen molar-refractivity contribution in [3.63, 3.8) is 0 Å². The number of fused-ring (bicyclic) bond motifs is 2. The average Bonchev–Trinajstić information content (AvgIpc) is 3.50. The Morgan fingerprint density at radius 3 is 2.91 bits per heavy atom. The molecule has 3 heterocycles. The van der Waals surface area contributed by atoms with Crippen molar-refractivity contribution < 1.29 is 14.3 Å². The highest BCUT2D eigenvalue weighted by Crippen LogP contribution is 2.30. The summed E-state index contributed by atoms with van der Waals surface area (Å²) < 4.78 is 13.4. The van der Waals surface area contributed by atoms with E-state index in [1.807, 2.05) is 24.4 Å². The third-order valence-electron chi connectivity index (χ3n) is 5.45. The molecule has 176 valence electrons. The van der Waals surface area contributed by atoms with Crippen LogP contribution in [-0.4, -0.2) is 39.1 Å². The van der Waals surface area contributed by atoms with Crippen LogP contribution in [-0.2, 0) is 16.1 Å². The maximum Gasteiger partial charge on any atom is 0.247 e. The van der Waals surface area contributed by atoms with Crippen LogP contribution < -0.4 is 15.4 Å². The molecule has 0 fully saturated rings. The van der Waals surface area contributed by atoms with Gasteiger partial charge in [-0.25, -0.2) is 0 Å². The second-order valence-corrected chi connectivity index (χ2v) is 7.82. The van der Waals surface area contributed by atoms with E-state index < -0.39 is 0 Å². The number of aromatic amines is 1. The molecule has 1 amide bonds. The summed E-state index contributed by atoms with van der Waals surface area (Å²) in [4.78, 5) is 23.9. The Labute approximate surface area is 201 Å². The van der Waals surface area contributed by atoms with Gasteiger partial charge in [0.1, 0.15) is 11.4 Å². The Hall–Kier alpha value is -4.63. The predicted octanol–water partition coefficient (Wildman–Crippen LogP) is 5.22. The summed E-state index contributed by atoms with van der Waals surface area (Å²) in [6.45, 7) is 4.92. The Kier molecular flexibility index (Phi) is 6.15. The van der Waals surface area contributed by atoms with Gasteiger partial charge < -0.3 is 29.7 Å². The van der Waals surface area contributed by atoms with Gasteiger partial charge in [-0.05, 0) is 48.5 Å². The zero-order valence-electron chi connectivity index (χ0n) is 19.1. The van der Waals surface area contributed by atoms with Gasteiger partial charge in [0.15, 0.2) is 0 Å². The molecule has 2 aromatic carbocycles. The van der Waals surface area contributed by atoms with Crippen molar-refractivity contribution in [2.75, 3.05) is 24.4 Å². The largest absolute Gasteiger partial charge is 0.438 e. The van der Waals surface area contributed by atoms with Crippen LogP contribution in [0.2, 0.25) is 0 Å². The molecule has 9 heteroatoms. The van der Waals surface area contributed by atoms with Gasteiger partial charge in [0.2, 0.25) is 17.7 Å². The molecule has 0 aliphatic heterocycles. The molecule has 0 spiro atoms. The number of nitrogens with zero attached hydrogens (tertiary/aromatic N) is 3. The van der Waals surface area contributed by atoms with Crippen molar-refractivity contribution in [1.82, 2.24) is 19.5 Å². The third kappa shape index (κ3) is 4.85. The normalized spacial score (nSPS) is 11.0. The van der Waals surface area contributed by atoms with E-state index in [1.165, 1.54) is 6.08 Å². The summed E-state index contributed by atoms with van der Waals surface area (Å²) in [6.07, 6.45) is 5.04. The Morgan fingerprint density at radius 2 is 2.06 bits per heavy atom. The number of carbonyl (C=O) groups excluding carboxylic acids is 1. The van der Waals surface area contributed by atoms with E-state index in [2.05, 4.69) is 48.9 Å². The summed E-state index contributed by atoms with van der Waals surface area (Å²) in [5.74, 6) is 1.01. The predicted molar refractivity (Wildman–Crippen MR) is 136 cm³/mol. The first kappa shape index (κ1) is 22.2. The summed E-state index contributed by atoms with van der Waals surface area (Å²) in [5.41, 5.74) is 3.21. The molecule has 5 aromatic rings. The number of aromatic nitrogens is 4. The van der Waals surface area contributed by atoms with Crippen LogP contribution in [0.1, 0.15) is 0 Å². The van der Waals surface area contributed by atoms with Crippen LogP contribution in [0.3, 0.4) is 0 Å². The van der Waals surface area contributed by atoms with Gasteiger partial charge in [0.05, 0.1) is 12.0 Å². The number of H-pyrrole nitrogens is 1. The van der Waals surface area contributed by atoms with Crippen LogP contribution in [0.4, 0.5) is 17.3 Å². The first-order valence-corrected chi connectivity index (χ1v) is 11.0. The molecule has 5 rings (SSSR count). The minimum absolute atomic E-state index is 0.297. The maximum absolute atomic E-state index is 11.6. The molecule has 0 aliphatic rings. The Balaban J connectivity index is 1.41. The fourth-order valence-corrected chi connectivity index (χ4v) is 3.78. The number of benzene rings is 2. The fourth-order valence-electron chi connectivity index (χ4n) is 3.78. The van der Waals surface area contributed by atoms with Gasteiger partial charge in [-0.3, -0.25) is 4.79 Å². The smallest absolute Gasteiger partial charge is 0.247 e. The van der Waals surface area contributed by atoms with Crippen molar-refractivity contribution in [3.05, 3.63) is 79.6 Å². The lowest BCUT2D eigenvalue weighted by molar-refractivity contribution is -0.111. The molecular weight excluding hydrogens is 444 g/mol. The molecule has 3 N–H and O–H groups in total. The fraction of sp³-hybridized carbons (Fsp3) is 0.115. The standard InChI is InChI=1S/C26H24N6O3/c1-3-23(33)28-18-5-4-6-20(16-18)35-25-21-9-11-27-24(21)30-26(31-25)29-19-7-8-22-17(15-19)10-12-32(22)13-14-34-2/h3-12,15-16H,1,13-14H2,2H3,(H,28,33)(H2,27,29,30,31). The molecule has 0 saturated carbocycles. The van der Waals surface area contributed by atoms with Crippen LogP contribution in [0.25, 0.3) is 21.9 Å². The van der Waals surface area contributed by atoms with Gasteiger partial charge in [-0.1, -0.05) is 12.6 Å². The van der Waals surface area contributed by atoms with Crippen LogP contribution in [0.15, 0.2) is 79.6 Å². The van der Waals surface area contributed by atoms with Crippen molar-refractivity contribution >= 4 is 45.2 Å². The van der Waals surface area contributed by atoms with Gasteiger partial charge >= 0.3 is 0 Å². The molecular formula is C26H24N6O3. The molecule has 0 atom stereocenters. The number of methoxy groups -OCH3 is 1. The zero-order chi connectivity index (χ0) is 24.2. The van der Waals surface area contributed by atoms with Gasteiger partial charge in [0, 0.05) is 54.4 Å². The highest BCUT2D eigenvalue weighted by molar-refractivity contribution is 5.99. The van der Waals surface area contributed by atoms with Crippen molar-refractivity contribution in [3.8, 4) is 11.6 Å². The molecule has 0 bridgehead atoms. The average molecular weight is 469 g/mol. The van der Waals surface area contributed by atoms with E-state index in [-0.39, 0.29) is 5.91 Å². The van der Waals surface area contributed by atoms with E-state index in [0.717, 1.165) is 28.5 Å². The molecule has 0 unspecified atom stereocenters. The summed E-state index contributed by atoms with van der Waals surface area (Å²) in [5, 5.41) is 7.84. The number of rotatable bonds is 9. The SMILES string of the molecule is C=CC(=O)Nc1cccc(Oc2nc(Nc3ccc4c(ccn4CCOC)c3)nc3[nH]ccc23)c1.